The van der Waals surface area contributed by atoms with Crippen molar-refractivity contribution in [3.63, 3.8) is 0 Å². The van der Waals surface area contributed by atoms with Crippen LogP contribution < -0.4 is 5.73 Å². The Labute approximate surface area is 227 Å². The summed E-state index contributed by atoms with van der Waals surface area (Å²) in [6, 6.07) is 9.66. The second-order valence-electron chi connectivity index (χ2n) is 10.0. The molecule has 39 heavy (non-hydrogen) atoms. The van der Waals surface area contributed by atoms with Gasteiger partial charge < -0.3 is 31.3 Å². The molecule has 1 saturated carbocycles. The number of benzene rings is 2. The first-order valence-electron chi connectivity index (χ1n) is 11.9. The first-order valence-corrected chi connectivity index (χ1v) is 12.3. The van der Waals surface area contributed by atoms with Gasteiger partial charge in [-0.3, -0.25) is 19.3 Å². The van der Waals surface area contributed by atoms with Gasteiger partial charge in [-0.1, -0.05) is 41.9 Å². The smallest absolute Gasteiger partial charge is 0.255 e. The highest BCUT2D eigenvalue weighted by atomic mass is 35.5. The summed E-state index contributed by atoms with van der Waals surface area (Å²) in [6.45, 7) is 0. The molecular weight excluding hydrogens is 528 g/mol. The molecule has 0 aromatic heterocycles. The van der Waals surface area contributed by atoms with Crippen molar-refractivity contribution in [2.24, 2.45) is 17.6 Å². The third-order valence-electron chi connectivity index (χ3n) is 7.75. The number of ketones is 2. The number of aliphatic hydroxyl groups excluding tert-OH is 3. The normalized spacial score (nSPS) is 29.4. The number of aliphatic hydroxyl groups is 4. The highest BCUT2D eigenvalue weighted by molar-refractivity contribution is 6.32. The Kier molecular flexibility index (Phi) is 6.19. The third-order valence-corrected chi connectivity index (χ3v) is 8.09. The van der Waals surface area contributed by atoms with Crippen LogP contribution in [0.3, 0.4) is 0 Å². The van der Waals surface area contributed by atoms with Crippen LogP contribution >= 0.6 is 11.6 Å². The molecule has 5 rings (SSSR count). The van der Waals surface area contributed by atoms with Crippen LogP contribution in [0, 0.1) is 11.8 Å². The number of nitrogens with two attached hydrogens (primary N) is 1. The van der Waals surface area contributed by atoms with Gasteiger partial charge in [-0.2, -0.15) is 0 Å². The number of carbonyl (C=O) groups excluding carboxylic acids is 3. The van der Waals surface area contributed by atoms with Crippen molar-refractivity contribution < 1.29 is 39.9 Å². The molecule has 3 aliphatic rings. The number of carbonyl (C=O) groups is 3. The van der Waals surface area contributed by atoms with Gasteiger partial charge in [-0.15, -0.1) is 0 Å². The molecule has 202 valence electrons. The molecule has 11 heteroatoms. The minimum absolute atomic E-state index is 0.140. The maximum Gasteiger partial charge on any atom is 0.255 e. The number of phenolic OH excluding ortho intramolecular Hbond substituents is 1. The lowest BCUT2D eigenvalue weighted by molar-refractivity contribution is -0.166. The molecule has 0 radical (unpaired) electrons. The minimum atomic E-state index is -3.00. The second-order valence-corrected chi connectivity index (χ2v) is 10.4. The Morgan fingerprint density at radius 1 is 1.08 bits per heavy atom. The van der Waals surface area contributed by atoms with Gasteiger partial charge in [0, 0.05) is 10.9 Å². The average Bonchev–Trinajstić information content (AvgIpc) is 2.86. The number of aromatic hydroxyl groups is 1. The molecule has 0 bridgehead atoms. The van der Waals surface area contributed by atoms with Crippen LogP contribution in [0.5, 0.6) is 5.75 Å². The van der Waals surface area contributed by atoms with Crippen LogP contribution in [0.15, 0.2) is 59.4 Å². The molecule has 0 aliphatic heterocycles. The maximum atomic E-state index is 14.1. The number of amides is 1. The summed E-state index contributed by atoms with van der Waals surface area (Å²) in [5.74, 6) is -9.02. The van der Waals surface area contributed by atoms with Crippen LogP contribution in [0.4, 0.5) is 0 Å². The van der Waals surface area contributed by atoms with E-state index in [1.807, 2.05) is 0 Å². The summed E-state index contributed by atoms with van der Waals surface area (Å²) in [5, 5.41) is 57.0. The molecule has 0 heterocycles. The zero-order valence-corrected chi connectivity index (χ0v) is 21.5. The molecule has 7 N–H and O–H groups in total. The maximum absolute atomic E-state index is 14.1. The fourth-order valence-corrected chi connectivity index (χ4v) is 6.26. The fourth-order valence-electron chi connectivity index (χ4n) is 6.07. The van der Waals surface area contributed by atoms with Crippen molar-refractivity contribution in [1.82, 2.24) is 4.90 Å². The van der Waals surface area contributed by atoms with E-state index < -0.39 is 69.7 Å². The minimum Gasteiger partial charge on any atom is -0.508 e. The van der Waals surface area contributed by atoms with Gasteiger partial charge >= 0.3 is 0 Å². The van der Waals surface area contributed by atoms with Crippen LogP contribution in [-0.2, 0) is 14.4 Å². The molecule has 0 saturated heterocycles. The monoisotopic (exact) mass is 552 g/mol. The molecule has 2 aromatic carbocycles. The number of fused-ring (bicyclic) bond motifs is 3. The summed E-state index contributed by atoms with van der Waals surface area (Å²) in [6.07, 6.45) is -0.180. The molecule has 1 fully saturated rings. The predicted molar refractivity (Wildman–Crippen MR) is 141 cm³/mol. The number of rotatable bonds is 3. The van der Waals surface area contributed by atoms with E-state index in [0.29, 0.717) is 10.6 Å². The molecule has 2 aromatic rings. The van der Waals surface area contributed by atoms with Gasteiger partial charge in [0.1, 0.15) is 22.8 Å². The standard InChI is InChI=1S/C28H25ClN2O8/c1-31(2)21-20-23(34)17-13(10-11-6-3-4-8-14(11)29)12-7-5-9-15(32)16(12)22(33)18(17)25(36)28(20,39)26(37)19(24(21)35)27(30)38/h3-10,17,20-21,23,32-34,37,39H,1-2H3,(H2,30,38)/b13-10+/t17-,20-,21+,23+,28+/m0/s1. The predicted octanol–water partition coefficient (Wildman–Crippen LogP) is 1.59. The van der Waals surface area contributed by atoms with Crippen LogP contribution in [-0.4, -0.2) is 79.7 Å². The Morgan fingerprint density at radius 2 is 1.74 bits per heavy atom. The van der Waals surface area contributed by atoms with Crippen LogP contribution in [0.2, 0.25) is 5.02 Å². The van der Waals surface area contributed by atoms with Gasteiger partial charge in [-0.25, -0.2) is 0 Å². The highest BCUT2D eigenvalue weighted by Gasteiger charge is 2.68. The topological polar surface area (TPSA) is 182 Å². The number of hydrogen-bond donors (Lipinski definition) is 6. The summed E-state index contributed by atoms with van der Waals surface area (Å²) >= 11 is 6.39. The molecule has 0 unspecified atom stereocenters. The van der Waals surface area contributed by atoms with Crippen molar-refractivity contribution in [2.45, 2.75) is 17.7 Å². The van der Waals surface area contributed by atoms with Crippen molar-refractivity contribution >= 4 is 46.5 Å². The van der Waals surface area contributed by atoms with E-state index in [1.165, 1.54) is 31.1 Å². The highest BCUT2D eigenvalue weighted by Crippen LogP contribution is 2.56. The van der Waals surface area contributed by atoms with Gasteiger partial charge in [0.25, 0.3) is 5.91 Å². The Balaban J connectivity index is 1.88. The van der Waals surface area contributed by atoms with E-state index in [1.54, 1.807) is 36.4 Å². The lowest BCUT2D eigenvalue weighted by Gasteiger charge is -2.53. The Morgan fingerprint density at radius 3 is 2.36 bits per heavy atom. The molecular formula is C28H25ClN2O8. The van der Waals surface area contributed by atoms with E-state index >= 15 is 0 Å². The van der Waals surface area contributed by atoms with Crippen molar-refractivity contribution in [3.05, 3.63) is 81.1 Å². The first kappa shape index (κ1) is 26.6. The van der Waals surface area contributed by atoms with Crippen LogP contribution in [0.1, 0.15) is 16.7 Å². The van der Waals surface area contributed by atoms with Gasteiger partial charge in [0.15, 0.2) is 11.4 Å². The largest absolute Gasteiger partial charge is 0.508 e. The van der Waals surface area contributed by atoms with Crippen molar-refractivity contribution in [1.29, 1.82) is 0 Å². The number of nitrogens with zero attached hydrogens (tertiary/aromatic N) is 1. The fraction of sp³-hybridized carbons (Fsp3) is 0.250. The number of primary amides is 1. The molecule has 0 spiro atoms. The number of hydrogen-bond acceptors (Lipinski definition) is 9. The molecule has 5 atom stereocenters. The van der Waals surface area contributed by atoms with E-state index in [2.05, 4.69) is 0 Å². The third kappa shape index (κ3) is 3.56. The Bertz CT molecular complexity index is 1560. The molecule has 1 amide bonds. The van der Waals surface area contributed by atoms with Gasteiger partial charge in [0.2, 0.25) is 5.78 Å². The molecule has 10 nitrogen and oxygen atoms in total. The van der Waals surface area contributed by atoms with Gasteiger partial charge in [-0.05, 0) is 49.0 Å². The lowest BCUT2D eigenvalue weighted by atomic mass is 9.55. The van der Waals surface area contributed by atoms with Gasteiger partial charge in [0.05, 0.1) is 29.2 Å². The quantitative estimate of drug-likeness (QED) is 0.308. The van der Waals surface area contributed by atoms with E-state index in [-0.39, 0.29) is 22.4 Å². The van der Waals surface area contributed by atoms with Crippen molar-refractivity contribution in [2.75, 3.05) is 14.1 Å². The summed E-state index contributed by atoms with van der Waals surface area (Å²) in [5.41, 5.74) is 1.74. The van der Waals surface area contributed by atoms with E-state index in [4.69, 9.17) is 17.3 Å². The molecule has 3 aliphatic carbocycles. The van der Waals surface area contributed by atoms with Crippen molar-refractivity contribution in [3.8, 4) is 5.75 Å². The second kappa shape index (κ2) is 9.06. The zero-order chi connectivity index (χ0) is 28.5. The number of Topliss-reactive ketones (excluding diaryl/α,β-unsaturated/α-hetero) is 2. The van der Waals surface area contributed by atoms with E-state index in [9.17, 15) is 39.9 Å². The lowest BCUT2D eigenvalue weighted by Crippen LogP contribution is -2.70. The zero-order valence-electron chi connectivity index (χ0n) is 20.8. The SMILES string of the molecule is CN(C)[C@H]1C(=O)C(C(N)=O)=C(O)[C@]2(O)C(=O)C3=C(O)c4c(O)cccc4/C(=C\c4ccccc4Cl)[C@@H]3[C@@H](O)[C@H]12. The summed E-state index contributed by atoms with van der Waals surface area (Å²) in [7, 11) is 2.89. The number of likely N-dealkylation sites (N-methyl/N-ethyl adjacent to an activating group) is 1. The van der Waals surface area contributed by atoms with E-state index in [0.717, 1.165) is 0 Å². The van der Waals surface area contributed by atoms with Crippen LogP contribution in [0.25, 0.3) is 17.4 Å². The first-order chi connectivity index (χ1) is 18.3. The number of phenols is 1. The summed E-state index contributed by atoms with van der Waals surface area (Å²) < 4.78 is 0. The Hall–Kier alpha value is -3.96. The summed E-state index contributed by atoms with van der Waals surface area (Å²) in [4.78, 5) is 40.9. The number of halogens is 1. The average molecular weight is 553 g/mol.